The molecule has 28 heavy (non-hydrogen) atoms. The van der Waals surface area contributed by atoms with Crippen molar-refractivity contribution in [1.82, 2.24) is 0 Å². The maximum absolute atomic E-state index is 13.2. The summed E-state index contributed by atoms with van der Waals surface area (Å²) in [4.78, 5) is 12.2. The van der Waals surface area contributed by atoms with Crippen LogP contribution in [0.5, 0.6) is 0 Å². The van der Waals surface area contributed by atoms with E-state index in [-0.39, 0.29) is 28.8 Å². The molecule has 1 heterocycles. The van der Waals surface area contributed by atoms with Gasteiger partial charge >= 0.3 is 0 Å². The predicted molar refractivity (Wildman–Crippen MR) is 115 cm³/mol. The Morgan fingerprint density at radius 2 is 1.89 bits per heavy atom. The first-order chi connectivity index (χ1) is 13.4. The lowest BCUT2D eigenvalue weighted by Crippen LogP contribution is -2.31. The van der Waals surface area contributed by atoms with E-state index < -0.39 is 10.0 Å². The highest BCUT2D eigenvalue weighted by molar-refractivity contribution is 7.93. The summed E-state index contributed by atoms with van der Waals surface area (Å²) in [7, 11) is -3.89. The van der Waals surface area contributed by atoms with E-state index >= 15 is 0 Å². The molecule has 0 saturated heterocycles. The van der Waals surface area contributed by atoms with E-state index in [9.17, 15) is 13.2 Å². The Balaban J connectivity index is 1.88. The minimum Gasteiger partial charge on any atom is -0.326 e. The van der Waals surface area contributed by atoms with Crippen molar-refractivity contribution in [2.75, 3.05) is 16.2 Å². The van der Waals surface area contributed by atoms with Crippen LogP contribution in [0.25, 0.3) is 0 Å². The Hall–Kier alpha value is -2.35. The lowest BCUT2D eigenvalue weighted by Gasteiger charge is -2.23. The fraction of sp³-hybridized carbons (Fsp3) is 0.150. The molecule has 0 aliphatic heterocycles. The third kappa shape index (κ3) is 4.55. The normalized spacial score (nSPS) is 11.2. The topological polar surface area (TPSA) is 66.5 Å². The average Bonchev–Trinajstić information content (AvgIpc) is 3.17. The zero-order valence-corrected chi connectivity index (χ0v) is 17.5. The van der Waals surface area contributed by atoms with E-state index in [1.54, 1.807) is 37.3 Å². The van der Waals surface area contributed by atoms with Crippen molar-refractivity contribution in [3.63, 3.8) is 0 Å². The minimum atomic E-state index is -3.89. The van der Waals surface area contributed by atoms with Gasteiger partial charge in [0.15, 0.2) is 0 Å². The quantitative estimate of drug-likeness (QED) is 0.580. The Morgan fingerprint density at radius 1 is 1.14 bits per heavy atom. The molecule has 8 heteroatoms. The van der Waals surface area contributed by atoms with Crippen LogP contribution in [0.1, 0.15) is 12.5 Å². The fourth-order valence-corrected chi connectivity index (χ4v) is 5.41. The number of nitrogens with one attached hydrogen (secondary N) is 1. The third-order valence-electron chi connectivity index (χ3n) is 4.06. The molecule has 0 bridgehead atoms. The van der Waals surface area contributed by atoms with Crippen LogP contribution in [0.3, 0.4) is 0 Å². The lowest BCUT2D eigenvalue weighted by atomic mass is 10.2. The number of para-hydroxylation sites is 1. The SMILES string of the molecule is CCN(c1ccccc1)S(=O)(=O)c1cc(NC(=O)Cc2ccsc2)ccc1Cl. The molecule has 146 valence electrons. The highest BCUT2D eigenvalue weighted by Gasteiger charge is 2.26. The van der Waals surface area contributed by atoms with Gasteiger partial charge in [-0.2, -0.15) is 11.3 Å². The summed E-state index contributed by atoms with van der Waals surface area (Å²) in [5.74, 6) is -0.223. The molecule has 0 fully saturated rings. The molecule has 1 N–H and O–H groups in total. The van der Waals surface area contributed by atoms with Crippen molar-refractivity contribution in [3.8, 4) is 0 Å². The van der Waals surface area contributed by atoms with Crippen LogP contribution >= 0.6 is 22.9 Å². The molecule has 0 atom stereocenters. The number of thiophene rings is 1. The first kappa shape index (κ1) is 20.4. The van der Waals surface area contributed by atoms with Gasteiger partial charge in [-0.15, -0.1) is 0 Å². The Bertz CT molecular complexity index is 1050. The van der Waals surface area contributed by atoms with Crippen LogP contribution in [0, 0.1) is 0 Å². The van der Waals surface area contributed by atoms with Gasteiger partial charge in [-0.05, 0) is 59.6 Å². The van der Waals surface area contributed by atoms with E-state index in [4.69, 9.17) is 11.6 Å². The van der Waals surface area contributed by atoms with Crippen molar-refractivity contribution in [2.45, 2.75) is 18.2 Å². The van der Waals surface area contributed by atoms with Crippen molar-refractivity contribution in [3.05, 3.63) is 75.9 Å². The van der Waals surface area contributed by atoms with Crippen LogP contribution in [-0.4, -0.2) is 20.9 Å². The zero-order chi connectivity index (χ0) is 20.1. The summed E-state index contributed by atoms with van der Waals surface area (Å²) in [5.41, 5.74) is 1.84. The Labute approximate surface area is 173 Å². The standard InChI is InChI=1S/C20H19ClN2O3S2/c1-2-23(17-6-4-3-5-7-17)28(25,26)19-13-16(8-9-18(19)21)22-20(24)12-15-10-11-27-14-15/h3-11,13-14H,2,12H2,1H3,(H,22,24). The summed E-state index contributed by atoms with van der Waals surface area (Å²) in [6, 6.07) is 15.2. The summed E-state index contributed by atoms with van der Waals surface area (Å²) in [6.45, 7) is 2.00. The number of nitrogens with zero attached hydrogens (tertiary/aromatic N) is 1. The molecule has 0 aliphatic carbocycles. The number of carbonyl (C=O) groups is 1. The van der Waals surface area contributed by atoms with Crippen molar-refractivity contribution >= 4 is 50.2 Å². The fourth-order valence-electron chi connectivity index (χ4n) is 2.77. The van der Waals surface area contributed by atoms with Gasteiger partial charge < -0.3 is 5.32 Å². The second-order valence-corrected chi connectivity index (χ2v) is 9.03. The summed E-state index contributed by atoms with van der Waals surface area (Å²) >= 11 is 7.72. The van der Waals surface area contributed by atoms with Gasteiger partial charge in [0.1, 0.15) is 4.90 Å². The lowest BCUT2D eigenvalue weighted by molar-refractivity contribution is -0.115. The van der Waals surface area contributed by atoms with Gasteiger partial charge in [-0.3, -0.25) is 9.10 Å². The second kappa shape index (κ2) is 8.77. The molecule has 1 amide bonds. The van der Waals surface area contributed by atoms with E-state index in [2.05, 4.69) is 5.32 Å². The van der Waals surface area contributed by atoms with E-state index in [0.717, 1.165) is 5.56 Å². The first-order valence-corrected chi connectivity index (χ1v) is 11.4. The van der Waals surface area contributed by atoms with E-state index in [0.29, 0.717) is 11.4 Å². The summed E-state index contributed by atoms with van der Waals surface area (Å²) in [6.07, 6.45) is 0.222. The molecule has 0 spiro atoms. The highest BCUT2D eigenvalue weighted by atomic mass is 35.5. The monoisotopic (exact) mass is 434 g/mol. The van der Waals surface area contributed by atoms with Crippen LogP contribution < -0.4 is 9.62 Å². The largest absolute Gasteiger partial charge is 0.326 e. The second-order valence-electron chi connectivity index (χ2n) is 6.01. The molecular formula is C20H19ClN2O3S2. The smallest absolute Gasteiger partial charge is 0.265 e. The maximum Gasteiger partial charge on any atom is 0.265 e. The molecule has 0 radical (unpaired) electrons. The number of hydrogen-bond acceptors (Lipinski definition) is 4. The van der Waals surface area contributed by atoms with Crippen molar-refractivity contribution in [1.29, 1.82) is 0 Å². The summed E-state index contributed by atoms with van der Waals surface area (Å²) in [5, 5.41) is 6.64. The number of anilines is 2. The van der Waals surface area contributed by atoms with Gasteiger partial charge in [0.05, 0.1) is 17.1 Å². The Morgan fingerprint density at radius 3 is 2.54 bits per heavy atom. The molecule has 1 aromatic heterocycles. The highest BCUT2D eigenvalue weighted by Crippen LogP contribution is 2.30. The van der Waals surface area contributed by atoms with E-state index in [1.165, 1.54) is 27.8 Å². The molecule has 2 aromatic carbocycles. The summed E-state index contributed by atoms with van der Waals surface area (Å²) < 4.78 is 27.7. The van der Waals surface area contributed by atoms with Gasteiger partial charge in [0.2, 0.25) is 5.91 Å². The number of amides is 1. The van der Waals surface area contributed by atoms with Gasteiger partial charge in [-0.1, -0.05) is 29.8 Å². The van der Waals surface area contributed by atoms with E-state index in [1.807, 2.05) is 22.9 Å². The van der Waals surface area contributed by atoms with Crippen LogP contribution in [-0.2, 0) is 21.2 Å². The van der Waals surface area contributed by atoms with Gasteiger partial charge in [0.25, 0.3) is 10.0 Å². The number of sulfonamides is 1. The van der Waals surface area contributed by atoms with Crippen molar-refractivity contribution < 1.29 is 13.2 Å². The Kier molecular flexibility index (Phi) is 6.39. The number of halogens is 1. The number of carbonyl (C=O) groups excluding carboxylic acids is 1. The van der Waals surface area contributed by atoms with Gasteiger partial charge in [0, 0.05) is 12.2 Å². The van der Waals surface area contributed by atoms with Crippen LogP contribution in [0.15, 0.2) is 70.3 Å². The molecule has 5 nitrogen and oxygen atoms in total. The molecular weight excluding hydrogens is 416 g/mol. The maximum atomic E-state index is 13.2. The minimum absolute atomic E-state index is 0.0480. The predicted octanol–water partition coefficient (Wildman–Crippen LogP) is 4.80. The van der Waals surface area contributed by atoms with Crippen LogP contribution in [0.4, 0.5) is 11.4 Å². The molecule has 0 saturated carbocycles. The average molecular weight is 435 g/mol. The first-order valence-electron chi connectivity index (χ1n) is 8.60. The zero-order valence-electron chi connectivity index (χ0n) is 15.1. The molecule has 0 aliphatic rings. The van der Waals surface area contributed by atoms with Gasteiger partial charge in [-0.25, -0.2) is 8.42 Å². The molecule has 3 aromatic rings. The van der Waals surface area contributed by atoms with Crippen LogP contribution in [0.2, 0.25) is 5.02 Å². The number of hydrogen-bond donors (Lipinski definition) is 1. The molecule has 0 unspecified atom stereocenters. The third-order valence-corrected chi connectivity index (χ3v) is 7.18. The van der Waals surface area contributed by atoms with Crippen molar-refractivity contribution in [2.24, 2.45) is 0 Å². The number of benzene rings is 2. The number of rotatable bonds is 7. The molecule has 3 rings (SSSR count).